The number of hydrogen-bond donors (Lipinski definition) is 1. The molecule has 0 bridgehead atoms. The Labute approximate surface area is 219 Å². The molecule has 3 fully saturated rings. The fourth-order valence-corrected chi connectivity index (χ4v) is 5.46. The number of rotatable bonds is 5. The number of para-hydroxylation sites is 2. The van der Waals surface area contributed by atoms with E-state index >= 15 is 0 Å². The van der Waals surface area contributed by atoms with Gasteiger partial charge in [0.15, 0.2) is 5.82 Å². The third kappa shape index (κ3) is 4.90. The Bertz CT molecular complexity index is 1280. The van der Waals surface area contributed by atoms with Crippen molar-refractivity contribution in [3.63, 3.8) is 0 Å². The lowest BCUT2D eigenvalue weighted by Crippen LogP contribution is -2.55. The first kappa shape index (κ1) is 24.9. The van der Waals surface area contributed by atoms with Gasteiger partial charge in [0, 0.05) is 45.3 Å². The van der Waals surface area contributed by atoms with Crippen LogP contribution in [0.4, 0.5) is 20.5 Å². The number of imidazole rings is 1. The van der Waals surface area contributed by atoms with E-state index in [2.05, 4.69) is 15.2 Å². The SMILES string of the molecule is O=C([C@@H]1CCCCN1)N1CCN(c2nc(N3CCOCC3)cc(-n3c(C(F)F)nc4ccccc43)n2)CC1. The van der Waals surface area contributed by atoms with E-state index in [9.17, 15) is 13.6 Å². The van der Waals surface area contributed by atoms with E-state index in [-0.39, 0.29) is 17.8 Å². The number of anilines is 2. The molecule has 1 atom stereocenters. The highest BCUT2D eigenvalue weighted by Crippen LogP contribution is 2.30. The van der Waals surface area contributed by atoms with Gasteiger partial charge < -0.3 is 24.8 Å². The summed E-state index contributed by atoms with van der Waals surface area (Å²) in [5.41, 5.74) is 1.05. The van der Waals surface area contributed by atoms with E-state index in [1.54, 1.807) is 30.3 Å². The van der Waals surface area contributed by atoms with E-state index in [4.69, 9.17) is 14.7 Å². The minimum absolute atomic E-state index is 0.106. The van der Waals surface area contributed by atoms with Crippen molar-refractivity contribution in [2.45, 2.75) is 31.7 Å². The van der Waals surface area contributed by atoms with Crippen LogP contribution in [-0.2, 0) is 9.53 Å². The van der Waals surface area contributed by atoms with Crippen LogP contribution in [0.15, 0.2) is 30.3 Å². The molecule has 12 heteroatoms. The number of nitrogens with zero attached hydrogens (tertiary/aromatic N) is 7. The smallest absolute Gasteiger partial charge is 0.296 e. The van der Waals surface area contributed by atoms with Gasteiger partial charge in [0.1, 0.15) is 11.6 Å². The monoisotopic (exact) mass is 526 g/mol. The molecule has 10 nitrogen and oxygen atoms in total. The van der Waals surface area contributed by atoms with Crippen LogP contribution in [0.3, 0.4) is 0 Å². The lowest BCUT2D eigenvalue weighted by molar-refractivity contribution is -0.134. The van der Waals surface area contributed by atoms with Gasteiger partial charge in [0.05, 0.1) is 30.3 Å². The van der Waals surface area contributed by atoms with Crippen molar-refractivity contribution in [1.82, 2.24) is 29.7 Å². The Balaban J connectivity index is 1.32. The van der Waals surface area contributed by atoms with Crippen LogP contribution in [0.5, 0.6) is 0 Å². The number of halogens is 2. The quantitative estimate of drug-likeness (QED) is 0.542. The van der Waals surface area contributed by atoms with E-state index in [1.807, 2.05) is 9.80 Å². The number of carbonyl (C=O) groups excluding carboxylic acids is 1. The molecule has 0 aliphatic carbocycles. The van der Waals surface area contributed by atoms with Gasteiger partial charge in [-0.3, -0.25) is 9.36 Å². The third-order valence-electron chi connectivity index (χ3n) is 7.52. The van der Waals surface area contributed by atoms with Gasteiger partial charge in [-0.1, -0.05) is 18.6 Å². The summed E-state index contributed by atoms with van der Waals surface area (Å²) in [7, 11) is 0. The van der Waals surface area contributed by atoms with Crippen LogP contribution in [0.25, 0.3) is 16.9 Å². The van der Waals surface area contributed by atoms with Crippen LogP contribution in [0, 0.1) is 0 Å². The maximum atomic E-state index is 14.1. The molecule has 38 heavy (non-hydrogen) atoms. The van der Waals surface area contributed by atoms with E-state index in [0.717, 1.165) is 25.8 Å². The Morgan fingerprint density at radius 3 is 2.45 bits per heavy atom. The fourth-order valence-electron chi connectivity index (χ4n) is 5.46. The first-order valence-corrected chi connectivity index (χ1v) is 13.3. The van der Waals surface area contributed by atoms with Crippen LogP contribution in [-0.4, -0.2) is 95.4 Å². The Morgan fingerprint density at radius 2 is 1.71 bits per heavy atom. The van der Waals surface area contributed by atoms with Gasteiger partial charge in [-0.05, 0) is 31.5 Å². The third-order valence-corrected chi connectivity index (χ3v) is 7.52. The van der Waals surface area contributed by atoms with E-state index in [0.29, 0.717) is 81.1 Å². The molecule has 3 aromatic rings. The molecule has 0 unspecified atom stereocenters. The normalized spacial score (nSPS) is 20.9. The number of ether oxygens (including phenoxy) is 1. The highest BCUT2D eigenvalue weighted by Gasteiger charge is 2.30. The van der Waals surface area contributed by atoms with Crippen molar-refractivity contribution >= 4 is 28.7 Å². The van der Waals surface area contributed by atoms with Gasteiger partial charge >= 0.3 is 0 Å². The average molecular weight is 527 g/mol. The molecule has 1 amide bonds. The lowest BCUT2D eigenvalue weighted by Gasteiger charge is -2.37. The predicted octanol–water partition coefficient (Wildman–Crippen LogP) is 2.38. The number of aromatic nitrogens is 4. The van der Waals surface area contributed by atoms with Gasteiger partial charge in [0.2, 0.25) is 11.9 Å². The predicted molar refractivity (Wildman–Crippen MR) is 139 cm³/mol. The molecule has 2 aromatic heterocycles. The number of alkyl halides is 2. The van der Waals surface area contributed by atoms with Crippen molar-refractivity contribution < 1.29 is 18.3 Å². The first-order valence-electron chi connectivity index (χ1n) is 13.3. The minimum Gasteiger partial charge on any atom is -0.378 e. The van der Waals surface area contributed by atoms with E-state index < -0.39 is 6.43 Å². The number of piperazine rings is 1. The zero-order chi connectivity index (χ0) is 26.1. The van der Waals surface area contributed by atoms with Crippen molar-refractivity contribution in [3.8, 4) is 5.82 Å². The van der Waals surface area contributed by atoms with Crippen molar-refractivity contribution in [2.75, 3.05) is 68.8 Å². The molecule has 1 aromatic carbocycles. The molecule has 0 radical (unpaired) electrons. The van der Waals surface area contributed by atoms with Gasteiger partial charge in [0.25, 0.3) is 6.43 Å². The second-order valence-corrected chi connectivity index (χ2v) is 9.89. The van der Waals surface area contributed by atoms with Gasteiger partial charge in [-0.15, -0.1) is 0 Å². The summed E-state index contributed by atoms with van der Waals surface area (Å²) in [5, 5.41) is 3.34. The van der Waals surface area contributed by atoms with Crippen molar-refractivity contribution in [1.29, 1.82) is 0 Å². The van der Waals surface area contributed by atoms with E-state index in [1.165, 1.54) is 4.57 Å². The number of nitrogens with one attached hydrogen (secondary N) is 1. The lowest BCUT2D eigenvalue weighted by atomic mass is 10.0. The number of hydrogen-bond acceptors (Lipinski definition) is 8. The highest BCUT2D eigenvalue weighted by molar-refractivity contribution is 5.82. The van der Waals surface area contributed by atoms with Crippen LogP contribution >= 0.6 is 0 Å². The molecular formula is C26H32F2N8O2. The average Bonchev–Trinajstić information content (AvgIpc) is 3.38. The maximum Gasteiger partial charge on any atom is 0.296 e. The summed E-state index contributed by atoms with van der Waals surface area (Å²) < 4.78 is 35.2. The van der Waals surface area contributed by atoms with Crippen molar-refractivity contribution in [2.24, 2.45) is 0 Å². The minimum atomic E-state index is -2.77. The molecular weight excluding hydrogens is 494 g/mol. The topological polar surface area (TPSA) is 91.7 Å². The Kier molecular flexibility index (Phi) is 7.07. The molecule has 6 rings (SSSR count). The van der Waals surface area contributed by atoms with Crippen LogP contribution in [0.2, 0.25) is 0 Å². The number of benzene rings is 1. The molecule has 0 saturated carbocycles. The van der Waals surface area contributed by atoms with Crippen LogP contribution < -0.4 is 15.1 Å². The number of carbonyl (C=O) groups is 1. The Hall–Kier alpha value is -3.38. The molecule has 3 saturated heterocycles. The molecule has 5 heterocycles. The summed E-state index contributed by atoms with van der Waals surface area (Å²) in [6.45, 7) is 5.58. The zero-order valence-corrected chi connectivity index (χ0v) is 21.2. The highest BCUT2D eigenvalue weighted by atomic mass is 19.3. The van der Waals surface area contributed by atoms with Crippen molar-refractivity contribution in [3.05, 3.63) is 36.2 Å². The zero-order valence-electron chi connectivity index (χ0n) is 21.2. The number of piperidine rings is 1. The number of amides is 1. The number of morpholine rings is 1. The molecule has 3 aliphatic heterocycles. The summed E-state index contributed by atoms with van der Waals surface area (Å²) >= 11 is 0. The number of fused-ring (bicyclic) bond motifs is 1. The maximum absolute atomic E-state index is 14.1. The molecule has 0 spiro atoms. The summed E-state index contributed by atoms with van der Waals surface area (Å²) in [5.74, 6) is 1.28. The van der Waals surface area contributed by atoms with Gasteiger partial charge in [-0.25, -0.2) is 13.8 Å². The van der Waals surface area contributed by atoms with Crippen LogP contribution in [0.1, 0.15) is 31.5 Å². The molecule has 3 aliphatic rings. The van der Waals surface area contributed by atoms with Gasteiger partial charge in [-0.2, -0.15) is 9.97 Å². The largest absolute Gasteiger partial charge is 0.378 e. The first-order chi connectivity index (χ1) is 18.6. The molecule has 202 valence electrons. The Morgan fingerprint density at radius 1 is 0.947 bits per heavy atom. The second-order valence-electron chi connectivity index (χ2n) is 9.89. The summed E-state index contributed by atoms with van der Waals surface area (Å²) in [6.07, 6.45) is 0.280. The summed E-state index contributed by atoms with van der Waals surface area (Å²) in [6, 6.07) is 8.73. The fraction of sp³-hybridized carbons (Fsp3) is 0.538. The standard InChI is InChI=1S/C26H32F2N8O2/c27-23(28)24-30-18-5-1-2-7-20(18)36(24)22-17-21(33-13-15-38-16-14-33)31-26(32-22)35-11-9-34(10-12-35)25(37)19-6-3-4-8-29-19/h1-2,5,7,17,19,23,29H,3-4,6,8-16H2/t19-/m0/s1. The summed E-state index contributed by atoms with van der Waals surface area (Å²) in [4.78, 5) is 32.9. The second kappa shape index (κ2) is 10.8. The molecule has 1 N–H and O–H groups in total.